The van der Waals surface area contributed by atoms with Crippen LogP contribution in [0.25, 0.3) is 45.6 Å². The van der Waals surface area contributed by atoms with Gasteiger partial charge in [0.15, 0.2) is 0 Å². The Bertz CT molecular complexity index is 1340. The number of fused-ring (bicyclic) bond motifs is 1. The summed E-state index contributed by atoms with van der Waals surface area (Å²) in [6.07, 6.45) is 4.29. The lowest BCUT2D eigenvalue weighted by Crippen LogP contribution is -1.88. The summed E-state index contributed by atoms with van der Waals surface area (Å²) in [5, 5.41) is 15.6. The third-order valence-electron chi connectivity index (χ3n) is 5.07. The fourth-order valence-electron chi connectivity index (χ4n) is 3.64. The van der Waals surface area contributed by atoms with E-state index >= 15 is 0 Å². The van der Waals surface area contributed by atoms with Crippen molar-refractivity contribution >= 4 is 23.1 Å². The van der Waals surface area contributed by atoms with Crippen LogP contribution in [0.2, 0.25) is 0 Å². The SMILES string of the molecule is Cc1cc(/C=C/c2ccc(-c3ccccc3-c3nn[nH]n3)cc2)c2ccccc2n1. The molecule has 0 aliphatic carbocycles. The second-order valence-electron chi connectivity index (χ2n) is 7.11. The molecule has 0 aliphatic rings. The van der Waals surface area contributed by atoms with E-state index in [4.69, 9.17) is 0 Å². The van der Waals surface area contributed by atoms with E-state index < -0.39 is 0 Å². The number of hydrogen-bond acceptors (Lipinski definition) is 4. The largest absolute Gasteiger partial charge is 0.253 e. The van der Waals surface area contributed by atoms with E-state index in [1.807, 2.05) is 37.3 Å². The van der Waals surface area contributed by atoms with Gasteiger partial charge in [0.05, 0.1) is 5.52 Å². The van der Waals surface area contributed by atoms with E-state index in [-0.39, 0.29) is 0 Å². The van der Waals surface area contributed by atoms with Crippen molar-refractivity contribution in [2.45, 2.75) is 6.92 Å². The number of hydrogen-bond donors (Lipinski definition) is 1. The van der Waals surface area contributed by atoms with Crippen molar-refractivity contribution in [2.75, 3.05) is 0 Å². The van der Waals surface area contributed by atoms with Crippen LogP contribution in [0.1, 0.15) is 16.8 Å². The first-order valence-corrected chi connectivity index (χ1v) is 9.76. The zero-order valence-electron chi connectivity index (χ0n) is 16.4. The van der Waals surface area contributed by atoms with Gasteiger partial charge in [0.2, 0.25) is 5.82 Å². The molecule has 0 amide bonds. The molecule has 0 saturated heterocycles. The normalized spacial score (nSPS) is 11.4. The Balaban J connectivity index is 1.46. The molecule has 3 aromatic carbocycles. The highest BCUT2D eigenvalue weighted by Crippen LogP contribution is 2.30. The van der Waals surface area contributed by atoms with E-state index in [1.165, 1.54) is 5.56 Å². The van der Waals surface area contributed by atoms with Gasteiger partial charge in [-0.15, -0.1) is 10.2 Å². The van der Waals surface area contributed by atoms with Crippen LogP contribution in [0.4, 0.5) is 0 Å². The average Bonchev–Trinajstić information content (AvgIpc) is 3.33. The monoisotopic (exact) mass is 389 g/mol. The molecule has 5 aromatic rings. The van der Waals surface area contributed by atoms with Crippen LogP contribution in [-0.2, 0) is 0 Å². The summed E-state index contributed by atoms with van der Waals surface area (Å²) >= 11 is 0. The molecule has 0 saturated carbocycles. The number of aromatic amines is 1. The van der Waals surface area contributed by atoms with Crippen molar-refractivity contribution in [1.29, 1.82) is 0 Å². The quantitative estimate of drug-likeness (QED) is 0.437. The number of H-pyrrole nitrogens is 1. The minimum absolute atomic E-state index is 0.592. The van der Waals surface area contributed by atoms with Crippen molar-refractivity contribution in [3.63, 3.8) is 0 Å². The fourth-order valence-corrected chi connectivity index (χ4v) is 3.64. The van der Waals surface area contributed by atoms with Crippen LogP contribution in [0.3, 0.4) is 0 Å². The minimum atomic E-state index is 0.592. The van der Waals surface area contributed by atoms with Gasteiger partial charge in [-0.25, -0.2) is 0 Å². The number of para-hydroxylation sites is 1. The molecule has 0 bridgehead atoms. The Morgan fingerprint density at radius 2 is 1.57 bits per heavy atom. The van der Waals surface area contributed by atoms with Crippen molar-refractivity contribution in [1.82, 2.24) is 25.6 Å². The Morgan fingerprint density at radius 1 is 0.800 bits per heavy atom. The van der Waals surface area contributed by atoms with Crippen LogP contribution in [0, 0.1) is 6.92 Å². The first-order valence-electron chi connectivity index (χ1n) is 9.76. The maximum absolute atomic E-state index is 4.62. The predicted octanol–water partition coefficient (Wildman–Crippen LogP) is 5.56. The molecule has 0 fully saturated rings. The topological polar surface area (TPSA) is 67.3 Å². The maximum Gasteiger partial charge on any atom is 0.205 e. The number of benzene rings is 3. The summed E-state index contributed by atoms with van der Waals surface area (Å²) < 4.78 is 0. The van der Waals surface area contributed by atoms with E-state index in [2.05, 4.69) is 86.3 Å². The van der Waals surface area contributed by atoms with Crippen LogP contribution >= 0.6 is 0 Å². The van der Waals surface area contributed by atoms with Crippen LogP contribution in [-0.4, -0.2) is 25.6 Å². The summed E-state index contributed by atoms with van der Waals surface area (Å²) in [5.74, 6) is 0.592. The van der Waals surface area contributed by atoms with E-state index in [1.54, 1.807) is 0 Å². The highest BCUT2D eigenvalue weighted by Gasteiger charge is 2.10. The second kappa shape index (κ2) is 7.72. The van der Waals surface area contributed by atoms with Gasteiger partial charge in [0.1, 0.15) is 0 Å². The van der Waals surface area contributed by atoms with Crippen LogP contribution < -0.4 is 0 Å². The lowest BCUT2D eigenvalue weighted by molar-refractivity contribution is 0.881. The molecule has 0 atom stereocenters. The van der Waals surface area contributed by atoms with Crippen LogP contribution in [0.15, 0.2) is 78.9 Å². The summed E-state index contributed by atoms with van der Waals surface area (Å²) in [5.41, 5.74) is 7.47. The van der Waals surface area contributed by atoms with Gasteiger partial charge < -0.3 is 0 Å². The Hall–Kier alpha value is -4.12. The summed E-state index contributed by atoms with van der Waals surface area (Å²) in [7, 11) is 0. The maximum atomic E-state index is 4.62. The Kier molecular flexibility index (Phi) is 4.62. The molecule has 2 heterocycles. The van der Waals surface area contributed by atoms with Crippen molar-refractivity contribution in [3.05, 3.63) is 95.7 Å². The minimum Gasteiger partial charge on any atom is -0.253 e. The van der Waals surface area contributed by atoms with Gasteiger partial charge in [0.25, 0.3) is 0 Å². The molecule has 5 rings (SSSR count). The average molecular weight is 389 g/mol. The zero-order chi connectivity index (χ0) is 20.3. The number of pyridine rings is 1. The highest BCUT2D eigenvalue weighted by atomic mass is 15.5. The number of nitrogens with one attached hydrogen (secondary N) is 1. The molecule has 1 N–H and O–H groups in total. The van der Waals surface area contributed by atoms with Gasteiger partial charge in [-0.3, -0.25) is 4.98 Å². The molecule has 5 heteroatoms. The Labute approximate surface area is 174 Å². The smallest absolute Gasteiger partial charge is 0.205 e. The summed E-state index contributed by atoms with van der Waals surface area (Å²) in [6, 6.07) is 26.9. The van der Waals surface area contributed by atoms with Crippen molar-refractivity contribution in [3.8, 4) is 22.5 Å². The fraction of sp³-hybridized carbons (Fsp3) is 0.0400. The number of tetrazole rings is 1. The molecule has 0 unspecified atom stereocenters. The van der Waals surface area contributed by atoms with Crippen molar-refractivity contribution in [2.24, 2.45) is 0 Å². The lowest BCUT2D eigenvalue weighted by Gasteiger charge is -2.07. The molecule has 0 spiro atoms. The van der Waals surface area contributed by atoms with Gasteiger partial charge in [0, 0.05) is 16.6 Å². The predicted molar refractivity (Wildman–Crippen MR) is 120 cm³/mol. The molecule has 30 heavy (non-hydrogen) atoms. The molecular formula is C25H19N5. The van der Waals surface area contributed by atoms with E-state index in [0.29, 0.717) is 5.82 Å². The first kappa shape index (κ1) is 17.9. The van der Waals surface area contributed by atoms with E-state index in [0.717, 1.165) is 38.9 Å². The third kappa shape index (κ3) is 3.49. The molecule has 144 valence electrons. The molecule has 0 aliphatic heterocycles. The van der Waals surface area contributed by atoms with Gasteiger partial charge in [-0.1, -0.05) is 78.9 Å². The van der Waals surface area contributed by atoms with Crippen LogP contribution in [0.5, 0.6) is 0 Å². The zero-order valence-corrected chi connectivity index (χ0v) is 16.4. The third-order valence-corrected chi connectivity index (χ3v) is 5.07. The highest BCUT2D eigenvalue weighted by molar-refractivity contribution is 5.91. The van der Waals surface area contributed by atoms with Gasteiger partial charge in [-0.2, -0.15) is 5.21 Å². The van der Waals surface area contributed by atoms with Gasteiger partial charge in [-0.05, 0) is 46.5 Å². The summed E-state index contributed by atoms with van der Waals surface area (Å²) in [6.45, 7) is 2.03. The number of nitrogens with zero attached hydrogens (tertiary/aromatic N) is 4. The molecular weight excluding hydrogens is 370 g/mol. The number of rotatable bonds is 4. The first-order chi connectivity index (χ1) is 14.8. The standard InChI is InChI=1S/C25H19N5/c1-17-16-20(22-7-4-5-9-24(22)26-17)15-12-18-10-13-19(14-11-18)21-6-2-3-8-23(21)25-27-29-30-28-25/h2-16H,1H3,(H,27,28,29,30)/b15-12+. The molecule has 2 aromatic heterocycles. The van der Waals surface area contributed by atoms with Crippen molar-refractivity contribution < 1.29 is 0 Å². The second-order valence-corrected chi connectivity index (χ2v) is 7.11. The molecule has 0 radical (unpaired) electrons. The molecule has 5 nitrogen and oxygen atoms in total. The summed E-state index contributed by atoms with van der Waals surface area (Å²) in [4.78, 5) is 4.62. The number of aryl methyl sites for hydroxylation is 1. The Morgan fingerprint density at radius 3 is 2.37 bits per heavy atom. The van der Waals surface area contributed by atoms with E-state index in [9.17, 15) is 0 Å². The van der Waals surface area contributed by atoms with Gasteiger partial charge >= 0.3 is 0 Å². The number of aromatic nitrogens is 5. The lowest BCUT2D eigenvalue weighted by atomic mass is 9.98.